The number of rotatable bonds is 4. The van der Waals surface area contributed by atoms with Gasteiger partial charge in [0.1, 0.15) is 0 Å². The van der Waals surface area contributed by atoms with E-state index < -0.39 is 0 Å². The first-order chi connectivity index (χ1) is 12.2. The maximum absolute atomic E-state index is 6.06. The Morgan fingerprint density at radius 2 is 1.68 bits per heavy atom. The second kappa shape index (κ2) is 7.84. The van der Waals surface area contributed by atoms with Crippen LogP contribution >= 0.6 is 22.6 Å². The molecule has 0 unspecified atom stereocenters. The van der Waals surface area contributed by atoms with Gasteiger partial charge in [0.05, 0.1) is 45.1 Å². The molecule has 3 aromatic rings. The van der Waals surface area contributed by atoms with Crippen molar-refractivity contribution >= 4 is 55.8 Å². The van der Waals surface area contributed by atoms with Gasteiger partial charge in [0.25, 0.3) is 0 Å². The van der Waals surface area contributed by atoms with Gasteiger partial charge in [-0.05, 0) is 58.0 Å². The van der Waals surface area contributed by atoms with Crippen molar-refractivity contribution in [1.82, 2.24) is 9.97 Å². The molecule has 0 aliphatic carbocycles. The Balaban J connectivity index is 1.94. The molecule has 0 spiro atoms. The van der Waals surface area contributed by atoms with Crippen molar-refractivity contribution in [2.45, 2.75) is 0 Å². The van der Waals surface area contributed by atoms with Gasteiger partial charge < -0.3 is 11.5 Å². The van der Waals surface area contributed by atoms with Gasteiger partial charge in [-0.25, -0.2) is 4.99 Å². The molecule has 0 atom stereocenters. The molecule has 0 aliphatic rings. The fraction of sp³-hybridized carbons (Fsp3) is 0. The third kappa shape index (κ3) is 4.18. The molecule has 0 aliphatic heterocycles. The lowest BCUT2D eigenvalue weighted by atomic mass is 10.0. The van der Waals surface area contributed by atoms with Crippen molar-refractivity contribution in [1.29, 1.82) is 0 Å². The van der Waals surface area contributed by atoms with Gasteiger partial charge in [-0.15, -0.1) is 0 Å². The summed E-state index contributed by atoms with van der Waals surface area (Å²) in [5.41, 5.74) is 17.3. The number of nitrogens with two attached hydrogens (primary N) is 2. The van der Waals surface area contributed by atoms with Gasteiger partial charge in [0.2, 0.25) is 0 Å². The summed E-state index contributed by atoms with van der Waals surface area (Å²) in [6.45, 7) is 0. The molecule has 4 N–H and O–H groups in total. The van der Waals surface area contributed by atoms with E-state index in [-0.39, 0.29) is 0 Å². The fourth-order valence-corrected chi connectivity index (χ4v) is 2.55. The lowest BCUT2D eigenvalue weighted by Gasteiger charge is -2.08. The lowest BCUT2D eigenvalue weighted by molar-refractivity contribution is 1.18. The summed E-state index contributed by atoms with van der Waals surface area (Å²) in [4.78, 5) is 16.8. The zero-order chi connectivity index (χ0) is 17.6. The molecule has 124 valence electrons. The van der Waals surface area contributed by atoms with Crippen LogP contribution in [0.2, 0.25) is 0 Å². The monoisotopic (exact) mass is 442 g/mol. The molecular formula is C18H15IN6. The smallest absolute Gasteiger partial charge is 0.0995 e. The van der Waals surface area contributed by atoms with Crippen LogP contribution in [-0.4, -0.2) is 20.4 Å². The van der Waals surface area contributed by atoms with Gasteiger partial charge in [-0.2, -0.15) is 0 Å². The average Bonchev–Trinajstić information content (AvgIpc) is 2.64. The van der Waals surface area contributed by atoms with E-state index >= 15 is 0 Å². The second-order valence-electron chi connectivity index (χ2n) is 5.16. The van der Waals surface area contributed by atoms with Crippen molar-refractivity contribution in [2.75, 3.05) is 11.5 Å². The predicted molar refractivity (Wildman–Crippen MR) is 112 cm³/mol. The first kappa shape index (κ1) is 17.0. The Bertz CT molecular complexity index is 938. The third-order valence-corrected chi connectivity index (χ3v) is 3.78. The minimum absolute atomic E-state index is 0.586. The van der Waals surface area contributed by atoms with Crippen LogP contribution in [0.4, 0.5) is 22.7 Å². The molecule has 25 heavy (non-hydrogen) atoms. The highest BCUT2D eigenvalue weighted by atomic mass is 127. The maximum Gasteiger partial charge on any atom is 0.0995 e. The zero-order valence-electron chi connectivity index (χ0n) is 13.2. The molecule has 2 aromatic carbocycles. The molecule has 0 saturated carbocycles. The molecule has 1 heterocycles. The molecule has 0 bridgehead atoms. The number of aliphatic imine (C=N–C) groups is 2. The quantitative estimate of drug-likeness (QED) is 0.360. The van der Waals surface area contributed by atoms with Gasteiger partial charge in [-0.1, -0.05) is 12.1 Å². The van der Waals surface area contributed by atoms with Crippen LogP contribution in [0.5, 0.6) is 0 Å². The highest BCUT2D eigenvalue weighted by molar-refractivity contribution is 14.1. The van der Waals surface area contributed by atoms with E-state index in [1.165, 1.54) is 0 Å². The molecule has 0 saturated heterocycles. The first-order valence-corrected chi connectivity index (χ1v) is 8.64. The fourth-order valence-electron chi connectivity index (χ4n) is 2.25. The maximum atomic E-state index is 6.06. The molecule has 3 rings (SSSR count). The summed E-state index contributed by atoms with van der Waals surface area (Å²) in [5, 5.41) is 0. The van der Waals surface area contributed by atoms with Crippen LogP contribution in [-0.2, 0) is 0 Å². The number of nitrogen functional groups attached to an aromatic ring is 2. The van der Waals surface area contributed by atoms with Gasteiger partial charge in [0, 0.05) is 12.4 Å². The Kier molecular flexibility index (Phi) is 5.34. The summed E-state index contributed by atoms with van der Waals surface area (Å²) < 4.78 is 1.69. The SMILES string of the molecule is Nc1cc(-c2ccc(N)c(/N=C/c3cnccn3)c2)ccc1/N=C/I. The predicted octanol–water partition coefficient (Wildman–Crippen LogP) is 4.15. The molecular weight excluding hydrogens is 427 g/mol. The van der Waals surface area contributed by atoms with Gasteiger partial charge in [0.15, 0.2) is 0 Å². The van der Waals surface area contributed by atoms with Crippen LogP contribution in [0.1, 0.15) is 5.69 Å². The first-order valence-electron chi connectivity index (χ1n) is 7.39. The Morgan fingerprint density at radius 3 is 2.40 bits per heavy atom. The third-order valence-electron chi connectivity index (χ3n) is 3.50. The minimum Gasteiger partial charge on any atom is -0.397 e. The Hall–Kier alpha value is -2.81. The summed E-state index contributed by atoms with van der Waals surface area (Å²) in [7, 11) is 0. The molecule has 1 aromatic heterocycles. The summed E-state index contributed by atoms with van der Waals surface area (Å²) in [6.07, 6.45) is 6.50. The van der Waals surface area contributed by atoms with E-state index in [1.807, 2.05) is 36.4 Å². The van der Waals surface area contributed by atoms with E-state index in [4.69, 9.17) is 11.5 Å². The lowest BCUT2D eigenvalue weighted by Crippen LogP contribution is -1.90. The number of hydrogen-bond acceptors (Lipinski definition) is 6. The van der Waals surface area contributed by atoms with Crippen LogP contribution < -0.4 is 11.5 Å². The standard InChI is InChI=1S/C18H15IN6/c19-11-25-17-4-2-12(7-16(17)21)13-1-3-15(20)18(8-13)24-10-14-9-22-5-6-23-14/h1-11H,20-21H2/b24-10+,25-11+. The highest BCUT2D eigenvalue weighted by Gasteiger charge is 2.05. The Morgan fingerprint density at radius 1 is 0.880 bits per heavy atom. The van der Waals surface area contributed by atoms with Crippen molar-refractivity contribution in [2.24, 2.45) is 9.98 Å². The normalized spacial score (nSPS) is 11.4. The summed E-state index contributed by atoms with van der Waals surface area (Å²) in [5.74, 6) is 0. The zero-order valence-corrected chi connectivity index (χ0v) is 15.3. The number of nitrogens with zero attached hydrogens (tertiary/aromatic N) is 4. The Labute approximate surface area is 158 Å². The van der Waals surface area contributed by atoms with E-state index in [0.717, 1.165) is 16.8 Å². The van der Waals surface area contributed by atoms with Crippen LogP contribution in [0, 0.1) is 0 Å². The van der Waals surface area contributed by atoms with Crippen molar-refractivity contribution < 1.29 is 0 Å². The number of anilines is 2. The number of aromatic nitrogens is 2. The van der Waals surface area contributed by atoms with Gasteiger partial charge in [-0.3, -0.25) is 15.0 Å². The van der Waals surface area contributed by atoms with E-state index in [2.05, 4.69) is 42.5 Å². The molecule has 0 fully saturated rings. The highest BCUT2D eigenvalue weighted by Crippen LogP contribution is 2.32. The number of halogens is 1. The van der Waals surface area contributed by atoms with Gasteiger partial charge >= 0.3 is 0 Å². The second-order valence-corrected chi connectivity index (χ2v) is 5.72. The molecule has 0 radical (unpaired) electrons. The average molecular weight is 442 g/mol. The number of hydrogen-bond donors (Lipinski definition) is 2. The topological polar surface area (TPSA) is 103 Å². The van der Waals surface area contributed by atoms with Crippen molar-refractivity contribution in [3.8, 4) is 11.1 Å². The number of benzene rings is 2. The largest absolute Gasteiger partial charge is 0.397 e. The van der Waals surface area contributed by atoms with Crippen LogP contribution in [0.3, 0.4) is 0 Å². The van der Waals surface area contributed by atoms with E-state index in [1.54, 1.807) is 29.0 Å². The molecule has 6 nitrogen and oxygen atoms in total. The van der Waals surface area contributed by atoms with Crippen molar-refractivity contribution in [3.05, 3.63) is 60.7 Å². The van der Waals surface area contributed by atoms with Crippen LogP contribution in [0.15, 0.2) is 65.0 Å². The molecule has 0 amide bonds. The van der Waals surface area contributed by atoms with Crippen LogP contribution in [0.25, 0.3) is 11.1 Å². The van der Waals surface area contributed by atoms with E-state index in [0.29, 0.717) is 22.8 Å². The summed E-state index contributed by atoms with van der Waals surface area (Å²) in [6, 6.07) is 11.4. The minimum atomic E-state index is 0.586. The van der Waals surface area contributed by atoms with E-state index in [9.17, 15) is 0 Å². The summed E-state index contributed by atoms with van der Waals surface area (Å²) >= 11 is 2.06. The molecule has 7 heteroatoms. The van der Waals surface area contributed by atoms with Crippen molar-refractivity contribution in [3.63, 3.8) is 0 Å².